The van der Waals surface area contributed by atoms with Gasteiger partial charge in [0.05, 0.1) is 16.6 Å². The van der Waals surface area contributed by atoms with Gasteiger partial charge in [0.1, 0.15) is 5.82 Å². The van der Waals surface area contributed by atoms with Gasteiger partial charge in [-0.05, 0) is 58.8 Å². The summed E-state index contributed by atoms with van der Waals surface area (Å²) < 4.78 is 30.1. The number of benzene rings is 2. The van der Waals surface area contributed by atoms with Crippen LogP contribution in [-0.2, 0) is 14.3 Å². The molecule has 0 unspecified atom stereocenters. The van der Waals surface area contributed by atoms with Crippen LogP contribution in [0, 0.1) is 5.82 Å². The van der Waals surface area contributed by atoms with Gasteiger partial charge in [-0.3, -0.25) is 4.79 Å². The molecule has 0 atom stereocenters. The van der Waals surface area contributed by atoms with Gasteiger partial charge in [-0.1, -0.05) is 12.1 Å². The van der Waals surface area contributed by atoms with Crippen LogP contribution >= 0.6 is 15.9 Å². The predicted octanol–water partition coefficient (Wildman–Crippen LogP) is 4.26. The van der Waals surface area contributed by atoms with Gasteiger partial charge in [0, 0.05) is 6.92 Å². The summed E-state index contributed by atoms with van der Waals surface area (Å²) in [6.45, 7) is 3.42. The molecule has 0 fully saturated rings. The zero-order chi connectivity index (χ0) is 20.3. The number of carbonyl (C=O) groups is 2. The summed E-state index contributed by atoms with van der Waals surface area (Å²) in [5, 5.41) is 0. The molecule has 8 heteroatoms. The number of rotatable bonds is 5. The van der Waals surface area contributed by atoms with E-state index in [-0.39, 0.29) is 22.9 Å². The Morgan fingerprint density at radius 1 is 1.32 bits per heavy atom. The first-order chi connectivity index (χ1) is 13.4. The number of ether oxygens (including phenoxy) is 3. The van der Waals surface area contributed by atoms with E-state index in [9.17, 15) is 14.0 Å². The van der Waals surface area contributed by atoms with Gasteiger partial charge in [0.15, 0.2) is 17.2 Å². The zero-order valence-corrected chi connectivity index (χ0v) is 16.6. The summed E-state index contributed by atoms with van der Waals surface area (Å²) in [5.41, 5.74) is 0.658. The number of cyclic esters (lactones) is 1. The van der Waals surface area contributed by atoms with Crippen molar-refractivity contribution in [1.29, 1.82) is 0 Å². The molecule has 0 aliphatic carbocycles. The average molecular weight is 448 g/mol. The van der Waals surface area contributed by atoms with Crippen LogP contribution in [0.3, 0.4) is 0 Å². The third-order valence-corrected chi connectivity index (χ3v) is 4.19. The summed E-state index contributed by atoms with van der Waals surface area (Å²) in [7, 11) is 0. The maximum Gasteiger partial charge on any atom is 0.363 e. The summed E-state index contributed by atoms with van der Waals surface area (Å²) in [6.07, 6.45) is 1.47. The maximum atomic E-state index is 13.9. The van der Waals surface area contributed by atoms with Crippen molar-refractivity contribution in [1.82, 2.24) is 0 Å². The van der Waals surface area contributed by atoms with Gasteiger partial charge in [-0.2, -0.15) is 0 Å². The number of halogens is 2. The molecule has 2 aromatic carbocycles. The molecule has 0 N–H and O–H groups in total. The highest BCUT2D eigenvalue weighted by Gasteiger charge is 2.26. The normalized spacial score (nSPS) is 14.6. The van der Waals surface area contributed by atoms with Crippen molar-refractivity contribution < 1.29 is 28.2 Å². The van der Waals surface area contributed by atoms with Gasteiger partial charge in [-0.15, -0.1) is 0 Å². The second-order valence-electron chi connectivity index (χ2n) is 5.67. The number of esters is 2. The molecule has 0 radical (unpaired) electrons. The SMILES string of the molecule is CCOc1cc(C=C2N=C(c3ccccc3F)OC2=O)cc(Br)c1OC(C)=O. The minimum Gasteiger partial charge on any atom is -0.490 e. The molecule has 1 aliphatic heterocycles. The first-order valence-electron chi connectivity index (χ1n) is 8.31. The van der Waals surface area contributed by atoms with Gasteiger partial charge < -0.3 is 14.2 Å². The van der Waals surface area contributed by atoms with Crippen LogP contribution in [0.25, 0.3) is 6.08 Å². The number of hydrogen-bond acceptors (Lipinski definition) is 6. The van der Waals surface area contributed by atoms with Crippen molar-refractivity contribution in [3.63, 3.8) is 0 Å². The zero-order valence-electron chi connectivity index (χ0n) is 15.0. The third-order valence-electron chi connectivity index (χ3n) is 3.61. The van der Waals surface area contributed by atoms with E-state index in [0.717, 1.165) is 0 Å². The van der Waals surface area contributed by atoms with E-state index in [2.05, 4.69) is 20.9 Å². The molecule has 144 valence electrons. The number of carbonyl (C=O) groups excluding carboxylic acids is 2. The lowest BCUT2D eigenvalue weighted by Crippen LogP contribution is -2.07. The topological polar surface area (TPSA) is 74.2 Å². The molecule has 3 rings (SSSR count). The van der Waals surface area contributed by atoms with Crippen LogP contribution < -0.4 is 9.47 Å². The summed E-state index contributed by atoms with van der Waals surface area (Å²) in [6, 6.07) is 9.12. The molecule has 28 heavy (non-hydrogen) atoms. The van der Waals surface area contributed by atoms with Crippen LogP contribution in [0.4, 0.5) is 4.39 Å². The molecular formula is C20H15BrFNO5. The number of aliphatic imine (C=N–C) groups is 1. The Labute approximate surface area is 168 Å². The van der Waals surface area contributed by atoms with E-state index >= 15 is 0 Å². The van der Waals surface area contributed by atoms with Crippen LogP contribution in [0.5, 0.6) is 11.5 Å². The predicted molar refractivity (Wildman–Crippen MR) is 104 cm³/mol. The standard InChI is InChI=1S/C20H15BrFNO5/c1-3-26-17-10-12(8-14(21)18(17)27-11(2)24)9-16-20(25)28-19(23-16)13-6-4-5-7-15(13)22/h4-10H,3H2,1-2H3. The highest BCUT2D eigenvalue weighted by Crippen LogP contribution is 2.38. The van der Waals surface area contributed by atoms with Crippen LogP contribution in [0.15, 0.2) is 51.6 Å². The van der Waals surface area contributed by atoms with Crippen molar-refractivity contribution >= 4 is 39.8 Å². The average Bonchev–Trinajstić information content (AvgIpc) is 2.99. The first-order valence-corrected chi connectivity index (χ1v) is 9.10. The fraction of sp³-hybridized carbons (Fsp3) is 0.150. The quantitative estimate of drug-likeness (QED) is 0.389. The lowest BCUT2D eigenvalue weighted by atomic mass is 10.1. The van der Waals surface area contributed by atoms with Crippen LogP contribution in [0.1, 0.15) is 25.0 Å². The van der Waals surface area contributed by atoms with Crippen LogP contribution in [-0.4, -0.2) is 24.4 Å². The van der Waals surface area contributed by atoms with Crippen molar-refractivity contribution in [2.24, 2.45) is 4.99 Å². The Balaban J connectivity index is 1.99. The van der Waals surface area contributed by atoms with E-state index in [1.807, 2.05) is 0 Å². The molecule has 0 saturated heterocycles. The fourth-order valence-electron chi connectivity index (χ4n) is 2.49. The first kappa shape index (κ1) is 19.8. The Kier molecular flexibility index (Phi) is 5.89. The largest absolute Gasteiger partial charge is 0.490 e. The molecule has 0 aromatic heterocycles. The molecule has 6 nitrogen and oxygen atoms in total. The van der Waals surface area contributed by atoms with Crippen LogP contribution in [0.2, 0.25) is 0 Å². The fourth-order valence-corrected chi connectivity index (χ4v) is 3.03. The molecule has 1 heterocycles. The highest BCUT2D eigenvalue weighted by molar-refractivity contribution is 9.10. The minimum atomic E-state index is -0.698. The highest BCUT2D eigenvalue weighted by atomic mass is 79.9. The molecule has 1 aliphatic rings. The van der Waals surface area contributed by atoms with E-state index < -0.39 is 17.8 Å². The second-order valence-corrected chi connectivity index (χ2v) is 6.53. The van der Waals surface area contributed by atoms with E-state index in [1.165, 1.54) is 31.2 Å². The van der Waals surface area contributed by atoms with Gasteiger partial charge in [0.2, 0.25) is 5.90 Å². The molecule has 0 saturated carbocycles. The Morgan fingerprint density at radius 3 is 2.75 bits per heavy atom. The second kappa shape index (κ2) is 8.35. The van der Waals surface area contributed by atoms with Crippen molar-refractivity contribution in [2.75, 3.05) is 6.61 Å². The van der Waals surface area contributed by atoms with Crippen molar-refractivity contribution in [3.8, 4) is 11.5 Å². The summed E-state index contributed by atoms with van der Waals surface area (Å²) in [4.78, 5) is 27.5. The molecule has 0 spiro atoms. The monoisotopic (exact) mass is 447 g/mol. The number of hydrogen-bond donors (Lipinski definition) is 0. The van der Waals surface area contributed by atoms with E-state index in [1.54, 1.807) is 25.1 Å². The molecule has 2 aromatic rings. The van der Waals surface area contributed by atoms with Crippen molar-refractivity contribution in [2.45, 2.75) is 13.8 Å². The minimum absolute atomic E-state index is 0.00726. The van der Waals surface area contributed by atoms with E-state index in [0.29, 0.717) is 22.4 Å². The van der Waals surface area contributed by atoms with Gasteiger partial charge in [-0.25, -0.2) is 14.2 Å². The Hall–Kier alpha value is -3.00. The Bertz CT molecular complexity index is 1020. The number of nitrogens with zero attached hydrogens (tertiary/aromatic N) is 1. The molecule has 0 amide bonds. The van der Waals surface area contributed by atoms with E-state index in [4.69, 9.17) is 14.2 Å². The summed E-state index contributed by atoms with van der Waals surface area (Å²) >= 11 is 3.33. The smallest absolute Gasteiger partial charge is 0.363 e. The lowest BCUT2D eigenvalue weighted by molar-refractivity contribution is -0.132. The lowest BCUT2D eigenvalue weighted by Gasteiger charge is -2.12. The molecular weight excluding hydrogens is 433 g/mol. The maximum absolute atomic E-state index is 13.9. The van der Waals surface area contributed by atoms with Gasteiger partial charge >= 0.3 is 11.9 Å². The summed E-state index contributed by atoms with van der Waals surface area (Å²) in [5.74, 6) is -1.27. The van der Waals surface area contributed by atoms with Crippen molar-refractivity contribution in [3.05, 3.63) is 63.5 Å². The molecule has 0 bridgehead atoms. The Morgan fingerprint density at radius 2 is 2.07 bits per heavy atom. The van der Waals surface area contributed by atoms with Gasteiger partial charge in [0.25, 0.3) is 0 Å². The third kappa shape index (κ3) is 4.28.